The minimum absolute atomic E-state index is 0.529. The lowest BCUT2D eigenvalue weighted by Gasteiger charge is -1.98. The van der Waals surface area contributed by atoms with Crippen molar-refractivity contribution in [3.8, 4) is 11.4 Å². The number of para-hydroxylation sites is 1. The maximum absolute atomic E-state index is 5.33. The summed E-state index contributed by atoms with van der Waals surface area (Å²) in [4.78, 5) is 11.8. The molecule has 0 amide bonds. The van der Waals surface area contributed by atoms with Gasteiger partial charge in [0, 0.05) is 23.3 Å². The standard InChI is InChI=1S/C14H9N5S/c20-14-16-11-6-2-1-5-10(11)13-17-12(18-19(13)14)9-4-3-7-15-8-9/h1-8H,(H,16,20). The van der Waals surface area contributed by atoms with Gasteiger partial charge in [-0.05, 0) is 36.5 Å². The molecule has 0 radical (unpaired) electrons. The number of aromatic amines is 1. The van der Waals surface area contributed by atoms with Gasteiger partial charge in [-0.25, -0.2) is 4.98 Å². The van der Waals surface area contributed by atoms with Crippen LogP contribution in [0.1, 0.15) is 0 Å². The SMILES string of the molecule is S=c1[nH]c2ccccc2c2nc(-c3cccnc3)nn12. The molecular weight excluding hydrogens is 270 g/mol. The number of nitrogens with zero attached hydrogens (tertiary/aromatic N) is 4. The molecule has 3 aromatic heterocycles. The summed E-state index contributed by atoms with van der Waals surface area (Å²) in [6, 6.07) is 11.7. The first-order valence-corrected chi connectivity index (χ1v) is 6.52. The minimum atomic E-state index is 0.529. The summed E-state index contributed by atoms with van der Waals surface area (Å²) in [7, 11) is 0. The summed E-state index contributed by atoms with van der Waals surface area (Å²) < 4.78 is 2.18. The van der Waals surface area contributed by atoms with Crippen LogP contribution in [0.5, 0.6) is 0 Å². The molecule has 0 saturated carbocycles. The van der Waals surface area contributed by atoms with Crippen molar-refractivity contribution in [2.75, 3.05) is 0 Å². The second kappa shape index (κ2) is 4.21. The zero-order chi connectivity index (χ0) is 13.5. The molecule has 1 aromatic carbocycles. The highest BCUT2D eigenvalue weighted by molar-refractivity contribution is 7.71. The fraction of sp³-hybridized carbons (Fsp3) is 0. The number of aromatic nitrogens is 5. The number of rotatable bonds is 1. The van der Waals surface area contributed by atoms with E-state index in [0.29, 0.717) is 10.6 Å². The van der Waals surface area contributed by atoms with Crippen LogP contribution in [0.15, 0.2) is 48.8 Å². The molecule has 6 heteroatoms. The highest BCUT2D eigenvalue weighted by Crippen LogP contribution is 2.20. The summed E-state index contributed by atoms with van der Waals surface area (Å²) in [5.74, 6) is 0.619. The molecule has 0 bridgehead atoms. The highest BCUT2D eigenvalue weighted by atomic mass is 32.1. The van der Waals surface area contributed by atoms with Gasteiger partial charge in [0.1, 0.15) is 0 Å². The minimum Gasteiger partial charge on any atom is -0.330 e. The van der Waals surface area contributed by atoms with Gasteiger partial charge in [-0.2, -0.15) is 4.52 Å². The van der Waals surface area contributed by atoms with Crippen LogP contribution < -0.4 is 0 Å². The second-order valence-electron chi connectivity index (χ2n) is 4.39. The molecule has 5 nitrogen and oxygen atoms in total. The van der Waals surface area contributed by atoms with Gasteiger partial charge in [-0.15, -0.1) is 5.10 Å². The van der Waals surface area contributed by atoms with Gasteiger partial charge in [0.05, 0.1) is 5.52 Å². The molecule has 0 atom stereocenters. The Kier molecular flexibility index (Phi) is 2.37. The molecule has 4 rings (SSSR count). The molecule has 0 unspecified atom stereocenters. The third-order valence-electron chi connectivity index (χ3n) is 3.13. The molecule has 0 spiro atoms. The van der Waals surface area contributed by atoms with E-state index in [1.165, 1.54) is 0 Å². The van der Waals surface area contributed by atoms with Crippen molar-refractivity contribution in [2.24, 2.45) is 0 Å². The summed E-state index contributed by atoms with van der Waals surface area (Å²) in [5.41, 5.74) is 2.58. The quantitative estimate of drug-likeness (QED) is 0.544. The lowest BCUT2D eigenvalue weighted by Crippen LogP contribution is -1.94. The molecular formula is C14H9N5S. The summed E-state index contributed by atoms with van der Waals surface area (Å²) in [6.07, 6.45) is 3.46. The van der Waals surface area contributed by atoms with Crippen LogP contribution in [-0.2, 0) is 0 Å². The number of nitrogens with one attached hydrogen (secondary N) is 1. The van der Waals surface area contributed by atoms with E-state index in [1.54, 1.807) is 16.9 Å². The van der Waals surface area contributed by atoms with E-state index < -0.39 is 0 Å². The average Bonchev–Trinajstić information content (AvgIpc) is 2.94. The van der Waals surface area contributed by atoms with Crippen molar-refractivity contribution in [3.05, 3.63) is 53.6 Å². The van der Waals surface area contributed by atoms with Gasteiger partial charge in [-0.3, -0.25) is 4.98 Å². The monoisotopic (exact) mass is 279 g/mol. The molecule has 1 N–H and O–H groups in total. The number of hydrogen-bond donors (Lipinski definition) is 1. The number of H-pyrrole nitrogens is 1. The summed E-state index contributed by atoms with van der Waals surface area (Å²) in [6.45, 7) is 0. The van der Waals surface area contributed by atoms with Crippen LogP contribution in [0.2, 0.25) is 0 Å². The number of fused-ring (bicyclic) bond motifs is 3. The predicted molar refractivity (Wildman–Crippen MR) is 78.9 cm³/mol. The Morgan fingerprint density at radius 2 is 2.00 bits per heavy atom. The lowest BCUT2D eigenvalue weighted by molar-refractivity contribution is 0.918. The van der Waals surface area contributed by atoms with Crippen LogP contribution in [0, 0.1) is 4.77 Å². The molecule has 96 valence electrons. The fourth-order valence-corrected chi connectivity index (χ4v) is 2.44. The van der Waals surface area contributed by atoms with Gasteiger partial charge in [-0.1, -0.05) is 12.1 Å². The number of hydrogen-bond acceptors (Lipinski definition) is 4. The van der Waals surface area contributed by atoms with E-state index >= 15 is 0 Å². The first-order valence-electron chi connectivity index (χ1n) is 6.11. The van der Waals surface area contributed by atoms with Gasteiger partial charge in [0.15, 0.2) is 11.5 Å². The van der Waals surface area contributed by atoms with E-state index in [2.05, 4.69) is 20.1 Å². The number of pyridine rings is 1. The molecule has 0 aliphatic heterocycles. The topological polar surface area (TPSA) is 58.9 Å². The first-order chi connectivity index (χ1) is 9.83. The largest absolute Gasteiger partial charge is 0.330 e. The van der Waals surface area contributed by atoms with Crippen LogP contribution in [0.25, 0.3) is 27.9 Å². The van der Waals surface area contributed by atoms with Crippen LogP contribution in [0.4, 0.5) is 0 Å². The van der Waals surface area contributed by atoms with Crippen molar-refractivity contribution in [1.29, 1.82) is 0 Å². The molecule has 0 saturated heterocycles. The third kappa shape index (κ3) is 1.62. The van der Waals surface area contributed by atoms with Crippen molar-refractivity contribution < 1.29 is 0 Å². The van der Waals surface area contributed by atoms with Crippen molar-refractivity contribution >= 4 is 28.8 Å². The Balaban J connectivity index is 2.11. The molecule has 0 aliphatic carbocycles. The molecule has 0 fully saturated rings. The third-order valence-corrected chi connectivity index (χ3v) is 3.40. The Hall–Kier alpha value is -2.60. The highest BCUT2D eigenvalue weighted by Gasteiger charge is 2.10. The van der Waals surface area contributed by atoms with Gasteiger partial charge < -0.3 is 4.98 Å². The Bertz CT molecular complexity index is 971. The zero-order valence-corrected chi connectivity index (χ0v) is 11.1. The van der Waals surface area contributed by atoms with Gasteiger partial charge in [0.2, 0.25) is 4.77 Å². The molecule has 0 aliphatic rings. The Labute approximate surface area is 118 Å². The Morgan fingerprint density at radius 3 is 2.85 bits per heavy atom. The van der Waals surface area contributed by atoms with Crippen LogP contribution in [-0.4, -0.2) is 24.6 Å². The molecule has 20 heavy (non-hydrogen) atoms. The maximum Gasteiger partial charge on any atom is 0.200 e. The maximum atomic E-state index is 5.33. The smallest absolute Gasteiger partial charge is 0.200 e. The number of benzene rings is 1. The normalized spacial score (nSPS) is 11.2. The fourth-order valence-electron chi connectivity index (χ4n) is 2.20. The predicted octanol–water partition coefficient (Wildman–Crippen LogP) is 3.00. The second-order valence-corrected chi connectivity index (χ2v) is 4.77. The molecule has 3 heterocycles. The van der Waals surface area contributed by atoms with Gasteiger partial charge in [0.25, 0.3) is 0 Å². The Morgan fingerprint density at radius 1 is 1.10 bits per heavy atom. The molecule has 4 aromatic rings. The van der Waals surface area contributed by atoms with E-state index in [-0.39, 0.29) is 0 Å². The van der Waals surface area contributed by atoms with E-state index in [1.807, 2.05) is 36.4 Å². The lowest BCUT2D eigenvalue weighted by atomic mass is 10.2. The van der Waals surface area contributed by atoms with E-state index in [0.717, 1.165) is 22.1 Å². The van der Waals surface area contributed by atoms with E-state index in [9.17, 15) is 0 Å². The first kappa shape index (κ1) is 11.2. The summed E-state index contributed by atoms with van der Waals surface area (Å²) in [5, 5.41) is 5.45. The summed E-state index contributed by atoms with van der Waals surface area (Å²) >= 11 is 5.33. The van der Waals surface area contributed by atoms with Crippen LogP contribution >= 0.6 is 12.2 Å². The van der Waals surface area contributed by atoms with Crippen LogP contribution in [0.3, 0.4) is 0 Å². The van der Waals surface area contributed by atoms with Crippen molar-refractivity contribution in [3.63, 3.8) is 0 Å². The van der Waals surface area contributed by atoms with Gasteiger partial charge >= 0.3 is 0 Å². The average molecular weight is 279 g/mol. The van der Waals surface area contributed by atoms with Crippen molar-refractivity contribution in [1.82, 2.24) is 24.6 Å². The van der Waals surface area contributed by atoms with E-state index in [4.69, 9.17) is 12.2 Å². The zero-order valence-electron chi connectivity index (χ0n) is 10.3. The van der Waals surface area contributed by atoms with Crippen molar-refractivity contribution in [2.45, 2.75) is 0 Å².